The Morgan fingerprint density at radius 3 is 2.40 bits per heavy atom. The molecule has 1 atom stereocenters. The van der Waals surface area contributed by atoms with Crippen molar-refractivity contribution in [1.82, 2.24) is 5.32 Å². The number of halogens is 2. The van der Waals surface area contributed by atoms with E-state index in [0.29, 0.717) is 5.69 Å². The fourth-order valence-corrected chi connectivity index (χ4v) is 1.48. The summed E-state index contributed by atoms with van der Waals surface area (Å²) in [5.41, 5.74) is -0.202. The fourth-order valence-electron chi connectivity index (χ4n) is 1.30. The van der Waals surface area contributed by atoms with Crippen LogP contribution < -0.4 is 10.6 Å². The molecule has 1 aromatic rings. The molecule has 1 aromatic carbocycles. The Bertz CT molecular complexity index is 526. The van der Waals surface area contributed by atoms with E-state index in [0.717, 1.165) is 6.07 Å². The average molecular weight is 301 g/mol. The van der Waals surface area contributed by atoms with Crippen molar-refractivity contribution in [2.24, 2.45) is 5.41 Å². The zero-order valence-electron chi connectivity index (χ0n) is 11.9. The highest BCUT2D eigenvalue weighted by atomic mass is 35.5. The minimum Gasteiger partial charge on any atom is -0.344 e. The number of carbonyl (C=O) groups excluding carboxylic acids is 2. The van der Waals surface area contributed by atoms with Crippen molar-refractivity contribution in [1.29, 1.82) is 0 Å². The molecule has 1 rings (SSSR count). The molecule has 0 spiro atoms. The van der Waals surface area contributed by atoms with Crippen molar-refractivity contribution in [2.45, 2.75) is 33.7 Å². The number of nitrogens with one attached hydrogen (secondary N) is 2. The van der Waals surface area contributed by atoms with Gasteiger partial charge in [0, 0.05) is 11.1 Å². The largest absolute Gasteiger partial charge is 0.344 e. The summed E-state index contributed by atoms with van der Waals surface area (Å²) in [6.45, 7) is 6.84. The van der Waals surface area contributed by atoms with Gasteiger partial charge >= 0.3 is 0 Å². The molecule has 0 saturated heterocycles. The van der Waals surface area contributed by atoms with Crippen LogP contribution in [-0.4, -0.2) is 17.9 Å². The van der Waals surface area contributed by atoms with Crippen LogP contribution in [0.1, 0.15) is 27.7 Å². The van der Waals surface area contributed by atoms with Gasteiger partial charge in [0.15, 0.2) is 0 Å². The number of rotatable bonds is 3. The molecule has 0 fully saturated rings. The van der Waals surface area contributed by atoms with Gasteiger partial charge in [0.25, 0.3) is 0 Å². The van der Waals surface area contributed by atoms with Gasteiger partial charge in [-0.25, -0.2) is 4.39 Å². The van der Waals surface area contributed by atoms with Crippen LogP contribution in [0, 0.1) is 11.2 Å². The summed E-state index contributed by atoms with van der Waals surface area (Å²) in [5, 5.41) is 5.09. The smallest absolute Gasteiger partial charge is 0.246 e. The van der Waals surface area contributed by atoms with E-state index < -0.39 is 23.2 Å². The third kappa shape index (κ3) is 4.49. The molecule has 0 aliphatic rings. The highest BCUT2D eigenvalue weighted by Gasteiger charge is 2.25. The fraction of sp³-hybridized carbons (Fsp3) is 0.429. The summed E-state index contributed by atoms with van der Waals surface area (Å²) in [5.74, 6) is -1.18. The van der Waals surface area contributed by atoms with Crippen LogP contribution in [0.15, 0.2) is 18.2 Å². The number of benzene rings is 1. The first-order valence-electron chi connectivity index (χ1n) is 6.18. The van der Waals surface area contributed by atoms with Crippen LogP contribution in [0.4, 0.5) is 10.1 Å². The second-order valence-electron chi connectivity index (χ2n) is 5.56. The Morgan fingerprint density at radius 2 is 1.90 bits per heavy atom. The molecule has 0 saturated carbocycles. The predicted octanol–water partition coefficient (Wildman–Crippen LogP) is 2.97. The zero-order chi connectivity index (χ0) is 15.5. The Balaban J connectivity index is 2.66. The van der Waals surface area contributed by atoms with Crippen LogP contribution in [0.2, 0.25) is 5.02 Å². The van der Waals surface area contributed by atoms with E-state index in [1.807, 2.05) is 0 Å². The normalized spacial score (nSPS) is 12.7. The quantitative estimate of drug-likeness (QED) is 0.901. The highest BCUT2D eigenvalue weighted by Crippen LogP contribution is 2.19. The van der Waals surface area contributed by atoms with Crippen molar-refractivity contribution in [2.75, 3.05) is 5.32 Å². The Morgan fingerprint density at radius 1 is 1.30 bits per heavy atom. The molecule has 1 unspecified atom stereocenters. The molecule has 0 aromatic heterocycles. The molecule has 0 bridgehead atoms. The molecule has 110 valence electrons. The third-order valence-electron chi connectivity index (χ3n) is 2.61. The molecule has 4 nitrogen and oxygen atoms in total. The maximum atomic E-state index is 13.0. The van der Waals surface area contributed by atoms with Gasteiger partial charge in [-0.1, -0.05) is 32.4 Å². The zero-order valence-corrected chi connectivity index (χ0v) is 12.6. The molecule has 2 amide bonds. The molecular weight excluding hydrogens is 283 g/mol. The average Bonchev–Trinajstić information content (AvgIpc) is 2.32. The molecular formula is C14H18ClFN2O2. The van der Waals surface area contributed by atoms with Crippen molar-refractivity contribution in [3.63, 3.8) is 0 Å². The molecule has 0 aliphatic heterocycles. The second-order valence-corrected chi connectivity index (χ2v) is 5.97. The van der Waals surface area contributed by atoms with Gasteiger partial charge in [0.2, 0.25) is 11.8 Å². The maximum Gasteiger partial charge on any atom is 0.246 e. The van der Waals surface area contributed by atoms with Crippen molar-refractivity contribution in [3.05, 3.63) is 29.0 Å². The first-order chi connectivity index (χ1) is 9.11. The third-order valence-corrected chi connectivity index (χ3v) is 2.90. The lowest BCUT2D eigenvalue weighted by Crippen LogP contribution is -2.46. The number of carbonyl (C=O) groups is 2. The van der Waals surface area contributed by atoms with E-state index in [2.05, 4.69) is 10.6 Å². The minimum absolute atomic E-state index is 0.0748. The lowest BCUT2D eigenvalue weighted by Gasteiger charge is -2.21. The van der Waals surface area contributed by atoms with Gasteiger partial charge in [-0.15, -0.1) is 0 Å². The van der Waals surface area contributed by atoms with E-state index in [1.165, 1.54) is 12.1 Å². The molecule has 0 radical (unpaired) electrons. The monoisotopic (exact) mass is 300 g/mol. The summed E-state index contributed by atoms with van der Waals surface area (Å²) >= 11 is 5.62. The lowest BCUT2D eigenvalue weighted by atomic mass is 9.95. The van der Waals surface area contributed by atoms with Crippen LogP contribution in [0.25, 0.3) is 0 Å². The van der Waals surface area contributed by atoms with E-state index >= 15 is 0 Å². The summed E-state index contributed by atoms with van der Waals surface area (Å²) in [6, 6.07) is 3.17. The highest BCUT2D eigenvalue weighted by molar-refractivity contribution is 6.31. The Labute approximate surface area is 122 Å². The minimum atomic E-state index is -0.703. The lowest BCUT2D eigenvalue weighted by molar-refractivity contribution is -0.131. The second kappa shape index (κ2) is 6.22. The summed E-state index contributed by atoms with van der Waals surface area (Å²) in [4.78, 5) is 23.7. The first-order valence-corrected chi connectivity index (χ1v) is 6.56. The number of amides is 2. The SMILES string of the molecule is CC(NC(=O)C(C)(C)C)C(=O)Nc1ccc(F)c(Cl)c1. The molecule has 6 heteroatoms. The van der Waals surface area contributed by atoms with Crippen molar-refractivity contribution < 1.29 is 14.0 Å². The van der Waals surface area contributed by atoms with Gasteiger partial charge in [-0.05, 0) is 25.1 Å². The number of anilines is 1. The van der Waals surface area contributed by atoms with E-state index in [1.54, 1.807) is 27.7 Å². The Hall–Kier alpha value is -1.62. The standard InChI is InChI=1S/C14H18ClFN2O2/c1-8(17-13(20)14(2,3)4)12(19)18-9-5-6-11(16)10(15)7-9/h5-8H,1-4H3,(H,17,20)(H,18,19). The molecule has 2 N–H and O–H groups in total. The van der Waals surface area contributed by atoms with E-state index in [9.17, 15) is 14.0 Å². The molecule has 20 heavy (non-hydrogen) atoms. The van der Waals surface area contributed by atoms with E-state index in [4.69, 9.17) is 11.6 Å². The van der Waals surface area contributed by atoms with Gasteiger partial charge in [0.1, 0.15) is 11.9 Å². The summed E-state index contributed by atoms with van der Waals surface area (Å²) in [7, 11) is 0. The van der Waals surface area contributed by atoms with Crippen LogP contribution in [0.5, 0.6) is 0 Å². The number of hydrogen-bond donors (Lipinski definition) is 2. The summed E-state index contributed by atoms with van der Waals surface area (Å²) in [6.07, 6.45) is 0. The van der Waals surface area contributed by atoms with Crippen molar-refractivity contribution >= 4 is 29.1 Å². The van der Waals surface area contributed by atoms with Gasteiger partial charge in [-0.3, -0.25) is 9.59 Å². The van der Waals surface area contributed by atoms with Gasteiger partial charge < -0.3 is 10.6 Å². The van der Waals surface area contributed by atoms with Gasteiger partial charge in [-0.2, -0.15) is 0 Å². The van der Waals surface area contributed by atoms with Crippen molar-refractivity contribution in [3.8, 4) is 0 Å². The maximum absolute atomic E-state index is 13.0. The predicted molar refractivity (Wildman–Crippen MR) is 77.1 cm³/mol. The van der Waals surface area contributed by atoms with Crippen LogP contribution in [0.3, 0.4) is 0 Å². The molecule has 0 heterocycles. The first kappa shape index (κ1) is 16.4. The van der Waals surface area contributed by atoms with Gasteiger partial charge in [0.05, 0.1) is 5.02 Å². The van der Waals surface area contributed by atoms with Crippen LogP contribution >= 0.6 is 11.6 Å². The summed E-state index contributed by atoms with van der Waals surface area (Å²) < 4.78 is 13.0. The topological polar surface area (TPSA) is 58.2 Å². The number of hydrogen-bond acceptors (Lipinski definition) is 2. The van der Waals surface area contributed by atoms with E-state index in [-0.39, 0.29) is 10.9 Å². The molecule has 0 aliphatic carbocycles. The Kier molecular flexibility index (Phi) is 5.11. The van der Waals surface area contributed by atoms with Crippen LogP contribution in [-0.2, 0) is 9.59 Å².